The van der Waals surface area contributed by atoms with Gasteiger partial charge in [0.15, 0.2) is 11.5 Å². The topological polar surface area (TPSA) is 94.3 Å². The molecule has 1 amide bonds. The van der Waals surface area contributed by atoms with Gasteiger partial charge in [0, 0.05) is 13.1 Å². The summed E-state index contributed by atoms with van der Waals surface area (Å²) in [5, 5.41) is 0. The second-order valence-electron chi connectivity index (χ2n) is 9.14. The maximum atomic E-state index is 13.7. The van der Waals surface area contributed by atoms with Gasteiger partial charge in [-0.1, -0.05) is 36.4 Å². The molecule has 0 spiro atoms. The molecule has 0 saturated heterocycles. The summed E-state index contributed by atoms with van der Waals surface area (Å²) in [4.78, 5) is 43.7. The first-order chi connectivity index (χ1) is 18.4. The Bertz CT molecular complexity index is 1430. The van der Waals surface area contributed by atoms with Gasteiger partial charge in [0.25, 0.3) is 5.71 Å². The van der Waals surface area contributed by atoms with Crippen LogP contribution in [0.2, 0.25) is 0 Å². The molecule has 0 bridgehead atoms. The van der Waals surface area contributed by atoms with Gasteiger partial charge in [-0.3, -0.25) is 4.79 Å². The molecule has 194 valence electrons. The lowest BCUT2D eigenvalue weighted by molar-refractivity contribution is -0.385. The van der Waals surface area contributed by atoms with Crippen molar-refractivity contribution >= 4 is 29.1 Å². The van der Waals surface area contributed by atoms with Crippen LogP contribution in [0.3, 0.4) is 0 Å². The Balaban J connectivity index is 1.60. The fourth-order valence-corrected chi connectivity index (χ4v) is 4.66. The molecular formula is C29H26FN2O6+. The van der Waals surface area contributed by atoms with Crippen LogP contribution in [0, 0.1) is 5.92 Å². The van der Waals surface area contributed by atoms with E-state index in [0.717, 1.165) is 5.56 Å². The van der Waals surface area contributed by atoms with Crippen molar-refractivity contribution < 1.29 is 37.6 Å². The third-order valence-electron chi connectivity index (χ3n) is 6.51. The van der Waals surface area contributed by atoms with Crippen molar-refractivity contribution in [1.29, 1.82) is 0 Å². The highest BCUT2D eigenvalue weighted by Crippen LogP contribution is 2.35. The molecule has 2 atom stereocenters. The number of carbonyl (C=O) groups excluding carboxylic acids is 3. The summed E-state index contributed by atoms with van der Waals surface area (Å²) in [5.41, 5.74) is 1.84. The number of hydrogen-bond donors (Lipinski definition) is 0. The van der Waals surface area contributed by atoms with Gasteiger partial charge in [-0.15, -0.1) is 4.58 Å². The van der Waals surface area contributed by atoms with Crippen molar-refractivity contribution in [1.82, 2.24) is 0 Å². The van der Waals surface area contributed by atoms with Crippen LogP contribution in [0.25, 0.3) is 0 Å². The number of carbonyl (C=O) groups is 3. The molecule has 2 unspecified atom stereocenters. The number of benzene rings is 1. The smallest absolute Gasteiger partial charge is 0.436 e. The Hall–Kier alpha value is -4.40. The third-order valence-corrected chi connectivity index (χ3v) is 6.51. The van der Waals surface area contributed by atoms with Crippen LogP contribution in [0.15, 0.2) is 94.4 Å². The number of nitrogens with zero attached hydrogens (tertiary/aromatic N) is 2. The summed E-state index contributed by atoms with van der Waals surface area (Å²) in [6.07, 6.45) is 7.74. The first-order valence-corrected chi connectivity index (χ1v) is 12.4. The lowest BCUT2D eigenvalue weighted by Crippen LogP contribution is -2.51. The first-order valence-electron chi connectivity index (χ1n) is 12.4. The zero-order valence-corrected chi connectivity index (χ0v) is 21.0. The average Bonchev–Trinajstić information content (AvgIpc) is 2.92. The Morgan fingerprint density at radius 3 is 2.71 bits per heavy atom. The standard InChI is InChI=1S/C29H26FN2O6/c1-3-36-29(35)23-27(37-16-19-7-5-4-6-8-19)24-25-26(38-22(17(2)33)15-32(25)28(23)34)20(14-31-24)13-18-9-11-21(30)12-10-18/h4-9,11-12,14-15,18,26H,3,10,13,16H2,1-2H3/q+1. The number of hydrogen-bond acceptors (Lipinski definition) is 7. The minimum atomic E-state index is -0.848. The molecule has 0 N–H and O–H groups in total. The van der Waals surface area contributed by atoms with E-state index in [1.807, 2.05) is 30.3 Å². The van der Waals surface area contributed by atoms with E-state index in [4.69, 9.17) is 14.2 Å². The lowest BCUT2D eigenvalue weighted by Gasteiger charge is -2.31. The van der Waals surface area contributed by atoms with E-state index in [1.54, 1.807) is 19.2 Å². The maximum absolute atomic E-state index is 13.7. The van der Waals surface area contributed by atoms with E-state index in [-0.39, 0.29) is 53.5 Å². The third kappa shape index (κ3) is 4.79. The van der Waals surface area contributed by atoms with Gasteiger partial charge < -0.3 is 14.2 Å². The molecule has 1 aliphatic carbocycles. The highest BCUT2D eigenvalue weighted by molar-refractivity contribution is 6.52. The molecule has 1 aromatic rings. The van der Waals surface area contributed by atoms with Crippen molar-refractivity contribution in [2.75, 3.05) is 6.61 Å². The summed E-state index contributed by atoms with van der Waals surface area (Å²) in [6, 6.07) is 9.30. The largest absolute Gasteiger partial charge is 0.485 e. The van der Waals surface area contributed by atoms with E-state index in [1.165, 1.54) is 29.9 Å². The van der Waals surface area contributed by atoms with Crippen LogP contribution in [-0.2, 0) is 35.2 Å². The second-order valence-corrected chi connectivity index (χ2v) is 9.14. The number of aliphatic imine (C=N–C) groups is 1. The molecule has 5 rings (SSSR count). The van der Waals surface area contributed by atoms with E-state index in [0.29, 0.717) is 24.1 Å². The summed E-state index contributed by atoms with van der Waals surface area (Å²) < 4.78 is 32.1. The Kier molecular flexibility index (Phi) is 7.00. The predicted octanol–water partition coefficient (Wildman–Crippen LogP) is 4.00. The van der Waals surface area contributed by atoms with Crippen molar-refractivity contribution in [3.63, 3.8) is 0 Å². The van der Waals surface area contributed by atoms with Crippen LogP contribution < -0.4 is 0 Å². The number of ether oxygens (including phenoxy) is 3. The normalized spacial score (nSPS) is 22.0. The second kappa shape index (κ2) is 10.5. The zero-order valence-electron chi connectivity index (χ0n) is 21.0. The van der Waals surface area contributed by atoms with Crippen LogP contribution in [0.4, 0.5) is 4.39 Å². The van der Waals surface area contributed by atoms with Gasteiger partial charge in [-0.25, -0.2) is 19.0 Å². The predicted molar refractivity (Wildman–Crippen MR) is 135 cm³/mol. The van der Waals surface area contributed by atoms with E-state index < -0.39 is 18.0 Å². The molecular weight excluding hydrogens is 491 g/mol. The number of amides is 1. The maximum Gasteiger partial charge on any atom is 0.436 e. The Morgan fingerprint density at radius 2 is 2.03 bits per heavy atom. The van der Waals surface area contributed by atoms with Crippen LogP contribution in [-0.4, -0.2) is 46.4 Å². The Morgan fingerprint density at radius 1 is 1.24 bits per heavy atom. The monoisotopic (exact) mass is 517 g/mol. The van der Waals surface area contributed by atoms with Crippen molar-refractivity contribution in [3.8, 4) is 0 Å². The highest BCUT2D eigenvalue weighted by atomic mass is 19.1. The molecule has 4 aliphatic rings. The molecule has 8 nitrogen and oxygen atoms in total. The molecule has 0 fully saturated rings. The van der Waals surface area contributed by atoms with Gasteiger partial charge in [0.05, 0.1) is 6.61 Å². The molecule has 0 saturated carbocycles. The fraction of sp³-hybridized carbons (Fsp3) is 0.276. The number of halogens is 1. The molecule has 0 aromatic heterocycles. The lowest BCUT2D eigenvalue weighted by atomic mass is 9.85. The fourth-order valence-electron chi connectivity index (χ4n) is 4.66. The molecule has 0 radical (unpaired) electrons. The minimum Gasteiger partial charge on any atom is -0.485 e. The number of Topliss-reactive ketones (excluding diaryl/α,β-unsaturated/α-hetero) is 1. The minimum absolute atomic E-state index is 0.00491. The van der Waals surface area contributed by atoms with Gasteiger partial charge >= 0.3 is 11.9 Å². The van der Waals surface area contributed by atoms with E-state index in [9.17, 15) is 18.8 Å². The molecule has 38 heavy (non-hydrogen) atoms. The average molecular weight is 518 g/mol. The van der Waals surface area contributed by atoms with Gasteiger partial charge in [-0.2, -0.15) is 0 Å². The van der Waals surface area contributed by atoms with Gasteiger partial charge in [-0.05, 0) is 49.0 Å². The van der Waals surface area contributed by atoms with Crippen LogP contribution in [0.5, 0.6) is 0 Å². The zero-order chi connectivity index (χ0) is 26.8. The van der Waals surface area contributed by atoms with Crippen LogP contribution in [0.1, 0.15) is 32.3 Å². The van der Waals surface area contributed by atoms with Gasteiger partial charge in [0.1, 0.15) is 12.4 Å². The van der Waals surface area contributed by atoms with E-state index in [2.05, 4.69) is 4.99 Å². The van der Waals surface area contributed by atoms with Crippen molar-refractivity contribution in [2.24, 2.45) is 10.9 Å². The molecule has 1 aromatic carbocycles. The Labute approximate surface area is 218 Å². The first kappa shape index (κ1) is 25.3. The number of ketones is 1. The molecule has 3 aliphatic heterocycles. The highest BCUT2D eigenvalue weighted by Gasteiger charge is 2.53. The summed E-state index contributed by atoms with van der Waals surface area (Å²) in [7, 11) is 0. The van der Waals surface area contributed by atoms with Crippen molar-refractivity contribution in [3.05, 3.63) is 95.0 Å². The molecule has 9 heteroatoms. The summed E-state index contributed by atoms with van der Waals surface area (Å²) in [6.45, 7) is 3.11. The number of esters is 1. The summed E-state index contributed by atoms with van der Waals surface area (Å²) in [5.74, 6) is -2.26. The quantitative estimate of drug-likeness (QED) is 0.294. The SMILES string of the molecule is CCOC(=O)C1=C(OCc2ccccc2)C2=NC=C(CC3C=CC(F)=CC3)C3OC(C(C)=O)=C[N+](=C23)C1=O. The van der Waals surface area contributed by atoms with Gasteiger partial charge in [0.2, 0.25) is 29.4 Å². The number of rotatable bonds is 8. The van der Waals surface area contributed by atoms with Crippen molar-refractivity contribution in [2.45, 2.75) is 39.4 Å². The summed E-state index contributed by atoms with van der Waals surface area (Å²) >= 11 is 0. The van der Waals surface area contributed by atoms with E-state index >= 15 is 0 Å². The molecule has 3 heterocycles. The van der Waals surface area contributed by atoms with Crippen LogP contribution >= 0.6 is 0 Å². The number of allylic oxidation sites excluding steroid dienone is 6.